The molecular weight excluding hydrogens is 346 g/mol. The molecule has 2 aromatic rings. The SMILES string of the molecule is NCCCCNCCCNC(=O)OC[C@@H](N)Cc1c[nH]c2ccc(O)cc12. The van der Waals surface area contributed by atoms with Gasteiger partial charge in [-0.3, -0.25) is 0 Å². The molecule has 0 unspecified atom stereocenters. The molecule has 1 aromatic heterocycles. The minimum Gasteiger partial charge on any atom is -0.508 e. The van der Waals surface area contributed by atoms with E-state index < -0.39 is 6.09 Å². The van der Waals surface area contributed by atoms with Crippen molar-refractivity contribution in [3.63, 3.8) is 0 Å². The van der Waals surface area contributed by atoms with Gasteiger partial charge in [-0.25, -0.2) is 4.79 Å². The number of fused-ring (bicyclic) bond motifs is 1. The molecule has 0 saturated heterocycles. The molecule has 8 nitrogen and oxygen atoms in total. The number of benzene rings is 1. The van der Waals surface area contributed by atoms with E-state index in [0.717, 1.165) is 55.4 Å². The van der Waals surface area contributed by atoms with Crippen molar-refractivity contribution < 1.29 is 14.6 Å². The van der Waals surface area contributed by atoms with Gasteiger partial charge in [-0.15, -0.1) is 0 Å². The number of rotatable bonds is 12. The molecule has 0 aliphatic carbocycles. The average molecular weight is 377 g/mol. The summed E-state index contributed by atoms with van der Waals surface area (Å²) in [5, 5.41) is 16.6. The van der Waals surface area contributed by atoms with Crippen molar-refractivity contribution in [2.24, 2.45) is 11.5 Å². The van der Waals surface area contributed by atoms with E-state index >= 15 is 0 Å². The van der Waals surface area contributed by atoms with Crippen molar-refractivity contribution >= 4 is 17.0 Å². The van der Waals surface area contributed by atoms with Gasteiger partial charge in [-0.05, 0) is 69.1 Å². The largest absolute Gasteiger partial charge is 0.508 e. The van der Waals surface area contributed by atoms with Crippen molar-refractivity contribution in [3.8, 4) is 5.75 Å². The Morgan fingerprint density at radius 1 is 1.22 bits per heavy atom. The highest BCUT2D eigenvalue weighted by Gasteiger charge is 2.12. The molecule has 8 heteroatoms. The Morgan fingerprint density at radius 3 is 2.85 bits per heavy atom. The van der Waals surface area contributed by atoms with Gasteiger partial charge >= 0.3 is 6.09 Å². The number of ether oxygens (including phenoxy) is 1. The summed E-state index contributed by atoms with van der Waals surface area (Å²) in [6.45, 7) is 3.20. The fraction of sp³-hybridized carbons (Fsp3) is 0.526. The van der Waals surface area contributed by atoms with Gasteiger partial charge < -0.3 is 36.9 Å². The lowest BCUT2D eigenvalue weighted by Crippen LogP contribution is -2.34. The van der Waals surface area contributed by atoms with Crippen LogP contribution in [0.3, 0.4) is 0 Å². The summed E-state index contributed by atoms with van der Waals surface area (Å²) in [6.07, 6.45) is 4.89. The predicted octanol–water partition coefficient (Wildman–Crippen LogP) is 1.19. The maximum absolute atomic E-state index is 11.7. The lowest BCUT2D eigenvalue weighted by atomic mass is 10.1. The van der Waals surface area contributed by atoms with Gasteiger partial charge in [0.2, 0.25) is 0 Å². The molecule has 2 rings (SSSR count). The first-order valence-corrected chi connectivity index (χ1v) is 9.46. The Kier molecular flexibility index (Phi) is 8.90. The number of carbonyl (C=O) groups is 1. The van der Waals surface area contributed by atoms with Crippen molar-refractivity contribution in [3.05, 3.63) is 30.0 Å². The number of unbranched alkanes of at least 4 members (excludes halogenated alkanes) is 1. The van der Waals surface area contributed by atoms with Crippen LogP contribution >= 0.6 is 0 Å². The van der Waals surface area contributed by atoms with Gasteiger partial charge in [0.15, 0.2) is 0 Å². The minimum atomic E-state index is -0.454. The number of alkyl carbamates (subject to hydrolysis) is 1. The normalized spacial score (nSPS) is 12.2. The van der Waals surface area contributed by atoms with Crippen LogP contribution in [0, 0.1) is 0 Å². The number of nitrogens with two attached hydrogens (primary N) is 2. The van der Waals surface area contributed by atoms with Gasteiger partial charge in [0.1, 0.15) is 12.4 Å². The second-order valence-electron chi connectivity index (χ2n) is 6.63. The van der Waals surface area contributed by atoms with E-state index in [-0.39, 0.29) is 18.4 Å². The van der Waals surface area contributed by atoms with E-state index in [4.69, 9.17) is 16.2 Å². The second-order valence-corrected chi connectivity index (χ2v) is 6.63. The van der Waals surface area contributed by atoms with E-state index in [2.05, 4.69) is 15.6 Å². The standard InChI is InChI=1S/C19H31N5O3/c20-6-1-2-7-22-8-3-9-23-19(26)27-13-15(21)10-14-12-24-18-5-4-16(25)11-17(14)18/h4-5,11-12,15,22,24-25H,1-3,6-10,13,20-21H2,(H,23,26)/t15-/m0/s1. The first kappa shape index (κ1) is 21.0. The Balaban J connectivity index is 1.60. The zero-order chi connectivity index (χ0) is 19.5. The number of hydrogen-bond acceptors (Lipinski definition) is 6. The number of aromatic amines is 1. The summed E-state index contributed by atoms with van der Waals surface area (Å²) in [5.41, 5.74) is 13.4. The number of H-pyrrole nitrogens is 1. The topological polar surface area (TPSA) is 138 Å². The van der Waals surface area contributed by atoms with Gasteiger partial charge in [0.25, 0.3) is 0 Å². The molecule has 1 amide bonds. The third-order valence-corrected chi connectivity index (χ3v) is 4.27. The summed E-state index contributed by atoms with van der Waals surface area (Å²) in [7, 11) is 0. The van der Waals surface area contributed by atoms with Crippen molar-refractivity contribution in [1.29, 1.82) is 0 Å². The number of aromatic nitrogens is 1. The molecular formula is C19H31N5O3. The number of hydrogen-bond donors (Lipinski definition) is 6. The van der Waals surface area contributed by atoms with Crippen LogP contribution in [0.1, 0.15) is 24.8 Å². The van der Waals surface area contributed by atoms with E-state index in [1.54, 1.807) is 12.1 Å². The molecule has 0 radical (unpaired) electrons. The molecule has 0 aliphatic heterocycles. The van der Waals surface area contributed by atoms with Crippen molar-refractivity contribution in [2.75, 3.05) is 32.8 Å². The molecule has 1 heterocycles. The van der Waals surface area contributed by atoms with Crippen molar-refractivity contribution in [1.82, 2.24) is 15.6 Å². The van der Waals surface area contributed by atoms with E-state index in [1.807, 2.05) is 12.3 Å². The van der Waals surface area contributed by atoms with Crippen LogP contribution < -0.4 is 22.1 Å². The zero-order valence-corrected chi connectivity index (χ0v) is 15.7. The molecule has 0 bridgehead atoms. The highest BCUT2D eigenvalue weighted by atomic mass is 16.5. The molecule has 150 valence electrons. The summed E-state index contributed by atoms with van der Waals surface area (Å²) >= 11 is 0. The number of aromatic hydroxyl groups is 1. The molecule has 0 spiro atoms. The van der Waals surface area contributed by atoms with Gasteiger partial charge in [-0.1, -0.05) is 0 Å². The van der Waals surface area contributed by atoms with Crippen LogP contribution in [0.2, 0.25) is 0 Å². The maximum atomic E-state index is 11.7. The number of phenols is 1. The lowest BCUT2D eigenvalue weighted by Gasteiger charge is -2.12. The zero-order valence-electron chi connectivity index (χ0n) is 15.7. The number of nitrogens with one attached hydrogen (secondary N) is 3. The number of amides is 1. The number of phenolic OH excluding ortho intramolecular Hbond substituents is 1. The van der Waals surface area contributed by atoms with E-state index in [9.17, 15) is 9.90 Å². The van der Waals surface area contributed by atoms with Crippen molar-refractivity contribution in [2.45, 2.75) is 31.7 Å². The number of carbonyl (C=O) groups excluding carboxylic acids is 1. The molecule has 1 atom stereocenters. The fourth-order valence-electron chi connectivity index (χ4n) is 2.83. The first-order valence-electron chi connectivity index (χ1n) is 9.46. The first-order chi connectivity index (χ1) is 13.1. The van der Waals surface area contributed by atoms with E-state index in [1.165, 1.54) is 0 Å². The quantitative estimate of drug-likeness (QED) is 0.307. The molecule has 1 aromatic carbocycles. The van der Waals surface area contributed by atoms with Crippen LogP contribution in [0.15, 0.2) is 24.4 Å². The minimum absolute atomic E-state index is 0.134. The molecule has 27 heavy (non-hydrogen) atoms. The average Bonchev–Trinajstić information content (AvgIpc) is 3.04. The third-order valence-electron chi connectivity index (χ3n) is 4.27. The Morgan fingerprint density at radius 2 is 2.04 bits per heavy atom. The van der Waals surface area contributed by atoms with Crippen LogP contribution in [0.25, 0.3) is 10.9 Å². The molecule has 0 aliphatic rings. The Hall–Kier alpha value is -2.29. The summed E-state index contributed by atoms with van der Waals surface area (Å²) in [5.74, 6) is 0.210. The maximum Gasteiger partial charge on any atom is 0.407 e. The summed E-state index contributed by atoms with van der Waals surface area (Å²) in [6, 6.07) is 4.83. The summed E-state index contributed by atoms with van der Waals surface area (Å²) < 4.78 is 5.18. The molecule has 0 saturated carbocycles. The monoisotopic (exact) mass is 377 g/mol. The van der Waals surface area contributed by atoms with E-state index in [0.29, 0.717) is 13.0 Å². The highest BCUT2D eigenvalue weighted by Crippen LogP contribution is 2.23. The highest BCUT2D eigenvalue weighted by molar-refractivity contribution is 5.84. The van der Waals surface area contributed by atoms with Crippen LogP contribution in [0.5, 0.6) is 5.75 Å². The second kappa shape index (κ2) is 11.4. The molecule has 8 N–H and O–H groups in total. The van der Waals surface area contributed by atoms with Gasteiger partial charge in [0, 0.05) is 29.7 Å². The lowest BCUT2D eigenvalue weighted by molar-refractivity contribution is 0.139. The fourth-order valence-corrected chi connectivity index (χ4v) is 2.83. The Labute approximate surface area is 159 Å². The Bertz CT molecular complexity index is 704. The molecule has 0 fully saturated rings. The smallest absolute Gasteiger partial charge is 0.407 e. The predicted molar refractivity (Wildman–Crippen MR) is 107 cm³/mol. The van der Waals surface area contributed by atoms with Gasteiger partial charge in [0.05, 0.1) is 0 Å². The van der Waals surface area contributed by atoms with Crippen LogP contribution in [-0.4, -0.2) is 55.0 Å². The summed E-state index contributed by atoms with van der Waals surface area (Å²) in [4.78, 5) is 14.9. The van der Waals surface area contributed by atoms with Gasteiger partial charge in [-0.2, -0.15) is 0 Å². The third kappa shape index (κ3) is 7.46. The van der Waals surface area contributed by atoms with Crippen LogP contribution in [0.4, 0.5) is 4.79 Å². The van der Waals surface area contributed by atoms with Crippen LogP contribution in [-0.2, 0) is 11.2 Å².